The molecule has 1 rings (SSSR count). The summed E-state index contributed by atoms with van der Waals surface area (Å²) in [4.78, 5) is 39.4. The first-order valence-corrected chi connectivity index (χ1v) is 6.68. The van der Waals surface area contributed by atoms with E-state index in [4.69, 9.17) is 0 Å². The number of nitrogens with zero attached hydrogens (tertiary/aromatic N) is 3. The van der Waals surface area contributed by atoms with Gasteiger partial charge in [-0.15, -0.1) is 0 Å². The van der Waals surface area contributed by atoms with Crippen molar-refractivity contribution in [2.75, 3.05) is 7.05 Å². The molecular formula is C16H17N3O4. The van der Waals surface area contributed by atoms with E-state index >= 15 is 0 Å². The van der Waals surface area contributed by atoms with Crippen molar-refractivity contribution in [2.24, 2.45) is 4.99 Å². The van der Waals surface area contributed by atoms with E-state index < -0.39 is 16.5 Å². The number of likely N-dealkylation sites (N-methyl/N-ethyl adjacent to an activating group) is 1. The number of aryl methyl sites for hydroxylation is 1. The second-order valence-corrected chi connectivity index (χ2v) is 4.67. The Balaban J connectivity index is 3.55. The van der Waals surface area contributed by atoms with E-state index in [0.29, 0.717) is 17.5 Å². The average Bonchev–Trinajstić information content (AvgIpc) is 2.52. The van der Waals surface area contributed by atoms with Crippen molar-refractivity contribution < 1.29 is 14.5 Å². The van der Waals surface area contributed by atoms with Crippen molar-refractivity contribution in [3.8, 4) is 0 Å². The molecule has 0 saturated heterocycles. The molecule has 0 heterocycles. The average molecular weight is 315 g/mol. The highest BCUT2D eigenvalue weighted by Crippen LogP contribution is 2.26. The Kier molecular flexibility index (Phi) is 6.08. The molecule has 23 heavy (non-hydrogen) atoms. The van der Waals surface area contributed by atoms with Crippen LogP contribution in [-0.2, 0) is 0 Å². The van der Waals surface area contributed by atoms with Crippen molar-refractivity contribution >= 4 is 24.6 Å². The maximum atomic E-state index is 12.7. The molecule has 0 aliphatic carbocycles. The number of amides is 1. The molecule has 0 aliphatic heterocycles. The van der Waals surface area contributed by atoms with Crippen molar-refractivity contribution in [2.45, 2.75) is 13.8 Å². The van der Waals surface area contributed by atoms with Crippen LogP contribution < -0.4 is 0 Å². The summed E-state index contributed by atoms with van der Waals surface area (Å²) in [7, 11) is 1.44. The molecule has 0 fully saturated rings. The number of aldehydes is 1. The Morgan fingerprint density at radius 1 is 1.43 bits per heavy atom. The van der Waals surface area contributed by atoms with E-state index in [0.717, 1.165) is 0 Å². The molecule has 0 aliphatic rings. The van der Waals surface area contributed by atoms with E-state index in [1.54, 1.807) is 26.0 Å². The third kappa shape index (κ3) is 3.76. The van der Waals surface area contributed by atoms with Gasteiger partial charge >= 0.3 is 0 Å². The summed E-state index contributed by atoms with van der Waals surface area (Å²) in [6, 6.07) is 2.65. The second kappa shape index (κ2) is 7.79. The summed E-state index contributed by atoms with van der Waals surface area (Å²) in [6.07, 6.45) is 5.09. The predicted molar refractivity (Wildman–Crippen MR) is 87.8 cm³/mol. The molecule has 1 aromatic rings. The molecule has 120 valence electrons. The first kappa shape index (κ1) is 18.0. The van der Waals surface area contributed by atoms with E-state index in [9.17, 15) is 19.7 Å². The normalized spacial score (nSPS) is 11.3. The number of aliphatic imine (C=N–C) groups is 1. The molecule has 0 atom stereocenters. The standard InChI is InChI=1S/C16H17N3O4/c1-5-6-12(9-17-3)18(4)16(21)15-13(10-20)11(2)7-8-14(15)19(22)23/h5-10H,3H2,1-2,4H3/b6-5-,12-9+. The quantitative estimate of drug-likeness (QED) is 0.265. The minimum absolute atomic E-state index is 0.00226. The van der Waals surface area contributed by atoms with Crippen LogP contribution in [-0.4, -0.2) is 35.8 Å². The molecule has 1 aromatic carbocycles. The van der Waals surface area contributed by atoms with E-state index in [-0.39, 0.29) is 11.1 Å². The number of allylic oxidation sites excluding steroid dienone is 2. The zero-order valence-electron chi connectivity index (χ0n) is 13.1. The fourth-order valence-corrected chi connectivity index (χ4v) is 2.03. The lowest BCUT2D eigenvalue weighted by molar-refractivity contribution is -0.385. The van der Waals surface area contributed by atoms with E-state index in [2.05, 4.69) is 11.7 Å². The molecule has 0 radical (unpaired) electrons. The van der Waals surface area contributed by atoms with Gasteiger partial charge in [0.25, 0.3) is 11.6 Å². The van der Waals surface area contributed by atoms with Crippen LogP contribution in [0.2, 0.25) is 0 Å². The SMILES string of the molecule is C=N/C=C(\C=C/C)N(C)C(=O)c1c([N+](=O)[O-])ccc(C)c1C=O. The van der Waals surface area contributed by atoms with E-state index in [1.165, 1.54) is 30.3 Å². The van der Waals surface area contributed by atoms with Crippen LogP contribution in [0.15, 0.2) is 41.2 Å². The second-order valence-electron chi connectivity index (χ2n) is 4.67. The number of nitro groups is 1. The van der Waals surface area contributed by atoms with Crippen LogP contribution in [0.5, 0.6) is 0 Å². The monoisotopic (exact) mass is 315 g/mol. The molecule has 1 amide bonds. The topological polar surface area (TPSA) is 92.9 Å². The van der Waals surface area contributed by atoms with Gasteiger partial charge in [-0.2, -0.15) is 0 Å². The smallest absolute Gasteiger partial charge is 0.282 e. The summed E-state index contributed by atoms with van der Waals surface area (Å²) in [6.45, 7) is 6.69. The highest BCUT2D eigenvalue weighted by atomic mass is 16.6. The minimum Gasteiger partial charge on any atom is -0.310 e. The van der Waals surface area contributed by atoms with Crippen molar-refractivity contribution in [3.63, 3.8) is 0 Å². The number of hydrogen-bond donors (Lipinski definition) is 0. The largest absolute Gasteiger partial charge is 0.310 e. The zero-order valence-corrected chi connectivity index (χ0v) is 13.1. The number of hydrogen-bond acceptors (Lipinski definition) is 5. The molecular weight excluding hydrogens is 298 g/mol. The first-order valence-electron chi connectivity index (χ1n) is 6.68. The van der Waals surface area contributed by atoms with Gasteiger partial charge in [0.1, 0.15) is 5.56 Å². The number of rotatable bonds is 6. The lowest BCUT2D eigenvalue weighted by Crippen LogP contribution is -2.27. The molecule has 7 heteroatoms. The van der Waals surface area contributed by atoms with E-state index in [1.807, 2.05) is 0 Å². The third-order valence-electron chi connectivity index (χ3n) is 3.22. The van der Waals surface area contributed by atoms with Gasteiger partial charge in [0.2, 0.25) is 0 Å². The van der Waals surface area contributed by atoms with Gasteiger partial charge < -0.3 is 4.90 Å². The predicted octanol–water partition coefficient (Wildman–Crippen LogP) is 2.91. The van der Waals surface area contributed by atoms with Gasteiger partial charge in [0, 0.05) is 24.9 Å². The highest BCUT2D eigenvalue weighted by molar-refractivity contribution is 6.06. The minimum atomic E-state index is -0.682. The Bertz CT molecular complexity index is 720. The van der Waals surface area contributed by atoms with Crippen LogP contribution in [0, 0.1) is 17.0 Å². The molecule has 0 bridgehead atoms. The van der Waals surface area contributed by atoms with Crippen molar-refractivity contribution in [1.29, 1.82) is 0 Å². The Morgan fingerprint density at radius 2 is 2.09 bits per heavy atom. The van der Waals surface area contributed by atoms with Crippen molar-refractivity contribution in [3.05, 3.63) is 63.0 Å². The highest BCUT2D eigenvalue weighted by Gasteiger charge is 2.28. The molecule has 7 nitrogen and oxygen atoms in total. The van der Waals surface area contributed by atoms with Crippen LogP contribution in [0.3, 0.4) is 0 Å². The Labute approximate surface area is 133 Å². The molecule has 0 unspecified atom stereocenters. The number of carbonyl (C=O) groups excluding carboxylic acids is 2. The number of nitro benzene ring substituents is 1. The Hall–Kier alpha value is -3.09. The fourth-order valence-electron chi connectivity index (χ4n) is 2.03. The number of benzene rings is 1. The van der Waals surface area contributed by atoms with Gasteiger partial charge in [-0.25, -0.2) is 0 Å². The third-order valence-corrected chi connectivity index (χ3v) is 3.22. The molecule has 0 saturated carbocycles. The molecule has 0 N–H and O–H groups in total. The summed E-state index contributed by atoms with van der Waals surface area (Å²) < 4.78 is 0. The maximum Gasteiger partial charge on any atom is 0.282 e. The van der Waals surface area contributed by atoms with Gasteiger partial charge in [-0.1, -0.05) is 12.1 Å². The molecule has 0 aromatic heterocycles. The van der Waals surface area contributed by atoms with Crippen LogP contribution in [0.25, 0.3) is 0 Å². The van der Waals surface area contributed by atoms with Gasteiger partial charge in [0.05, 0.1) is 10.6 Å². The van der Waals surface area contributed by atoms with Crippen LogP contribution in [0.4, 0.5) is 5.69 Å². The summed E-state index contributed by atoms with van der Waals surface area (Å²) in [5.41, 5.74) is 0.219. The van der Waals surface area contributed by atoms with Crippen LogP contribution >= 0.6 is 0 Å². The Morgan fingerprint density at radius 3 is 2.57 bits per heavy atom. The lowest BCUT2D eigenvalue weighted by atomic mass is 9.99. The van der Waals surface area contributed by atoms with Gasteiger partial charge in [0.15, 0.2) is 6.29 Å². The first-order chi connectivity index (χ1) is 10.9. The van der Waals surface area contributed by atoms with Gasteiger partial charge in [-0.05, 0) is 32.2 Å². The lowest BCUT2D eigenvalue weighted by Gasteiger charge is -2.19. The fraction of sp³-hybridized carbons (Fsp3) is 0.188. The summed E-state index contributed by atoms with van der Waals surface area (Å²) in [5.74, 6) is -0.671. The maximum absolute atomic E-state index is 12.7. The van der Waals surface area contributed by atoms with Gasteiger partial charge in [-0.3, -0.25) is 24.7 Å². The van der Waals surface area contributed by atoms with Crippen molar-refractivity contribution in [1.82, 2.24) is 4.90 Å². The molecule has 0 spiro atoms. The summed E-state index contributed by atoms with van der Waals surface area (Å²) >= 11 is 0. The summed E-state index contributed by atoms with van der Waals surface area (Å²) in [5, 5.41) is 11.2. The van der Waals surface area contributed by atoms with Crippen LogP contribution in [0.1, 0.15) is 33.2 Å². The number of carbonyl (C=O) groups is 2. The zero-order chi connectivity index (χ0) is 17.6.